The highest BCUT2D eigenvalue weighted by Crippen LogP contribution is 2.17. The van der Waals surface area contributed by atoms with Crippen molar-refractivity contribution in [1.82, 2.24) is 0 Å². The maximum Gasteiger partial charge on any atom is 0.149 e. The van der Waals surface area contributed by atoms with Crippen LogP contribution in [-0.4, -0.2) is 6.54 Å². The average molecular weight is 247 g/mol. The zero-order valence-electron chi connectivity index (χ0n) is 10.00. The lowest BCUT2D eigenvalue weighted by atomic mass is 10.1. The van der Waals surface area contributed by atoms with Crippen LogP contribution in [0.4, 0.5) is 14.5 Å². The van der Waals surface area contributed by atoms with Gasteiger partial charge in [0.05, 0.1) is 0 Å². The lowest BCUT2D eigenvalue weighted by molar-refractivity contribution is 0.587. The minimum atomic E-state index is -0.547. The third kappa shape index (κ3) is 3.29. The number of halogens is 2. The molecule has 1 nitrogen and oxygen atoms in total. The Labute approximate surface area is 105 Å². The number of rotatable bonds is 5. The molecule has 0 heterocycles. The lowest BCUT2D eigenvalue weighted by Gasteiger charge is -2.08. The second-order valence-corrected chi connectivity index (χ2v) is 4.11. The number of hydrogen-bond donors (Lipinski definition) is 1. The molecule has 3 heteroatoms. The molecule has 18 heavy (non-hydrogen) atoms. The molecule has 1 N–H and O–H groups in total. The first-order valence-electron chi connectivity index (χ1n) is 5.99. The molecule has 0 atom stereocenters. The van der Waals surface area contributed by atoms with Crippen molar-refractivity contribution in [2.24, 2.45) is 0 Å². The maximum absolute atomic E-state index is 13.3. The summed E-state index contributed by atoms with van der Waals surface area (Å²) in [4.78, 5) is 0. The molecule has 0 bridgehead atoms. The summed E-state index contributed by atoms with van der Waals surface area (Å²) < 4.78 is 26.6. The van der Waals surface area contributed by atoms with Crippen molar-refractivity contribution >= 4 is 5.69 Å². The Bertz CT molecular complexity index is 477. The molecule has 0 fully saturated rings. The minimum Gasteiger partial charge on any atom is -0.380 e. The van der Waals surface area contributed by atoms with Gasteiger partial charge in [0.25, 0.3) is 0 Å². The first-order valence-corrected chi connectivity index (χ1v) is 5.99. The molecule has 2 rings (SSSR count). The molecule has 0 aliphatic rings. The van der Waals surface area contributed by atoms with Crippen LogP contribution in [0.2, 0.25) is 0 Å². The van der Waals surface area contributed by atoms with E-state index in [9.17, 15) is 8.78 Å². The Morgan fingerprint density at radius 2 is 1.50 bits per heavy atom. The topological polar surface area (TPSA) is 12.0 Å². The first kappa shape index (κ1) is 12.6. The highest BCUT2D eigenvalue weighted by molar-refractivity contribution is 5.45. The number of anilines is 1. The van der Waals surface area contributed by atoms with Gasteiger partial charge in [-0.3, -0.25) is 0 Å². The van der Waals surface area contributed by atoms with Crippen molar-refractivity contribution in [1.29, 1.82) is 0 Å². The van der Waals surface area contributed by atoms with Crippen LogP contribution < -0.4 is 5.32 Å². The van der Waals surface area contributed by atoms with E-state index in [1.54, 1.807) is 0 Å². The predicted molar refractivity (Wildman–Crippen MR) is 69.6 cm³/mol. The molecule has 0 spiro atoms. The Hall–Kier alpha value is -1.90. The smallest absolute Gasteiger partial charge is 0.149 e. The van der Waals surface area contributed by atoms with E-state index in [0.717, 1.165) is 12.8 Å². The van der Waals surface area contributed by atoms with Crippen LogP contribution in [0.5, 0.6) is 0 Å². The predicted octanol–water partition coefficient (Wildman–Crippen LogP) is 4.01. The fourth-order valence-corrected chi connectivity index (χ4v) is 1.82. The summed E-state index contributed by atoms with van der Waals surface area (Å²) in [5.74, 6) is -1.09. The number of nitrogens with one attached hydrogen (secondary N) is 1. The van der Waals surface area contributed by atoms with Crippen molar-refractivity contribution in [3.63, 3.8) is 0 Å². The summed E-state index contributed by atoms with van der Waals surface area (Å²) in [5, 5.41) is 2.80. The van der Waals surface area contributed by atoms with E-state index in [-0.39, 0.29) is 5.69 Å². The summed E-state index contributed by atoms with van der Waals surface area (Å²) in [5.41, 5.74) is 1.19. The van der Waals surface area contributed by atoms with E-state index in [1.165, 1.54) is 23.8 Å². The SMILES string of the molecule is Fc1cccc(F)c1NCCCc1ccccc1. The standard InChI is InChI=1S/C15H15F2N/c16-13-9-4-10-14(17)15(13)18-11-5-8-12-6-2-1-3-7-12/h1-4,6-7,9-10,18H,5,8,11H2. The van der Waals surface area contributed by atoms with Crippen molar-refractivity contribution in [3.8, 4) is 0 Å². The van der Waals surface area contributed by atoms with Crippen molar-refractivity contribution in [2.75, 3.05) is 11.9 Å². The van der Waals surface area contributed by atoms with Crippen LogP contribution in [0.3, 0.4) is 0 Å². The summed E-state index contributed by atoms with van der Waals surface area (Å²) in [6.07, 6.45) is 1.72. The molecule has 0 saturated carbocycles. The molecule has 0 aliphatic carbocycles. The van der Waals surface area contributed by atoms with Crippen molar-refractivity contribution in [3.05, 3.63) is 65.7 Å². The Kier molecular flexibility index (Phi) is 4.29. The van der Waals surface area contributed by atoms with Gasteiger partial charge in [0.1, 0.15) is 17.3 Å². The van der Waals surface area contributed by atoms with Crippen LogP contribution in [0.25, 0.3) is 0 Å². The Morgan fingerprint density at radius 3 is 2.17 bits per heavy atom. The van der Waals surface area contributed by atoms with Gasteiger partial charge in [-0.1, -0.05) is 36.4 Å². The van der Waals surface area contributed by atoms with Gasteiger partial charge in [0.15, 0.2) is 0 Å². The second-order valence-electron chi connectivity index (χ2n) is 4.11. The molecule has 2 aromatic rings. The van der Waals surface area contributed by atoms with E-state index in [2.05, 4.69) is 5.32 Å². The van der Waals surface area contributed by atoms with E-state index < -0.39 is 11.6 Å². The van der Waals surface area contributed by atoms with Gasteiger partial charge in [0, 0.05) is 6.54 Å². The largest absolute Gasteiger partial charge is 0.380 e. The number of aryl methyl sites for hydroxylation is 1. The monoisotopic (exact) mass is 247 g/mol. The molecule has 0 aliphatic heterocycles. The summed E-state index contributed by atoms with van der Waals surface area (Å²) in [6.45, 7) is 0.548. The van der Waals surface area contributed by atoms with Crippen LogP contribution in [0.15, 0.2) is 48.5 Å². The Balaban J connectivity index is 1.82. The van der Waals surface area contributed by atoms with Crippen LogP contribution in [-0.2, 0) is 6.42 Å². The molecular formula is C15H15F2N. The number of hydrogen-bond acceptors (Lipinski definition) is 1. The zero-order valence-corrected chi connectivity index (χ0v) is 10.00. The van der Waals surface area contributed by atoms with Gasteiger partial charge < -0.3 is 5.32 Å². The zero-order chi connectivity index (χ0) is 12.8. The normalized spacial score (nSPS) is 10.3. The average Bonchev–Trinajstić information content (AvgIpc) is 2.38. The number of benzene rings is 2. The minimum absolute atomic E-state index is 0.0365. The fraction of sp³-hybridized carbons (Fsp3) is 0.200. The van der Waals surface area contributed by atoms with Gasteiger partial charge in [-0.15, -0.1) is 0 Å². The molecule has 0 saturated heterocycles. The molecule has 2 aromatic carbocycles. The Morgan fingerprint density at radius 1 is 0.833 bits per heavy atom. The van der Waals surface area contributed by atoms with Crippen LogP contribution >= 0.6 is 0 Å². The van der Waals surface area contributed by atoms with Gasteiger partial charge in [-0.2, -0.15) is 0 Å². The molecule has 0 amide bonds. The third-order valence-corrected chi connectivity index (χ3v) is 2.75. The third-order valence-electron chi connectivity index (χ3n) is 2.75. The van der Waals surface area contributed by atoms with Gasteiger partial charge in [-0.05, 0) is 30.5 Å². The molecular weight excluding hydrogens is 232 g/mol. The van der Waals surface area contributed by atoms with Crippen molar-refractivity contribution in [2.45, 2.75) is 12.8 Å². The number of para-hydroxylation sites is 1. The molecule has 94 valence electrons. The van der Waals surface area contributed by atoms with Gasteiger partial charge in [0.2, 0.25) is 0 Å². The van der Waals surface area contributed by atoms with Crippen LogP contribution in [0, 0.1) is 11.6 Å². The van der Waals surface area contributed by atoms with E-state index in [4.69, 9.17) is 0 Å². The summed E-state index contributed by atoms with van der Waals surface area (Å²) in [6, 6.07) is 13.9. The van der Waals surface area contributed by atoms with Gasteiger partial charge in [-0.25, -0.2) is 8.78 Å². The highest BCUT2D eigenvalue weighted by atomic mass is 19.1. The second kappa shape index (κ2) is 6.15. The molecule has 0 unspecified atom stereocenters. The quantitative estimate of drug-likeness (QED) is 0.787. The maximum atomic E-state index is 13.3. The molecule has 0 radical (unpaired) electrons. The van der Waals surface area contributed by atoms with E-state index in [1.807, 2.05) is 30.3 Å². The van der Waals surface area contributed by atoms with E-state index >= 15 is 0 Å². The van der Waals surface area contributed by atoms with Crippen molar-refractivity contribution < 1.29 is 8.78 Å². The molecule has 0 aromatic heterocycles. The summed E-state index contributed by atoms with van der Waals surface area (Å²) in [7, 11) is 0. The first-order chi connectivity index (χ1) is 8.77. The highest BCUT2D eigenvalue weighted by Gasteiger charge is 2.06. The van der Waals surface area contributed by atoms with E-state index in [0.29, 0.717) is 6.54 Å². The summed E-state index contributed by atoms with van der Waals surface area (Å²) >= 11 is 0. The van der Waals surface area contributed by atoms with Crippen LogP contribution in [0.1, 0.15) is 12.0 Å². The van der Waals surface area contributed by atoms with Gasteiger partial charge >= 0.3 is 0 Å². The fourth-order valence-electron chi connectivity index (χ4n) is 1.82. The lowest BCUT2D eigenvalue weighted by Crippen LogP contribution is -2.06.